The third-order valence-electron chi connectivity index (χ3n) is 5.46. The first-order chi connectivity index (χ1) is 13.7. The van der Waals surface area contributed by atoms with E-state index in [-0.39, 0.29) is 11.0 Å². The molecule has 3 rings (SSSR count). The fraction of sp³-hybridized carbons (Fsp3) is 0.636. The summed E-state index contributed by atoms with van der Waals surface area (Å²) >= 11 is 0. The normalized spacial score (nSPS) is 18.0. The summed E-state index contributed by atoms with van der Waals surface area (Å²) in [5, 5.41) is 8.02. The van der Waals surface area contributed by atoms with Gasteiger partial charge in [-0.05, 0) is 45.4 Å². The van der Waals surface area contributed by atoms with Gasteiger partial charge in [0.05, 0.1) is 12.2 Å². The van der Waals surface area contributed by atoms with Crippen LogP contribution in [-0.2, 0) is 12.0 Å². The van der Waals surface area contributed by atoms with Gasteiger partial charge in [-0.3, -0.25) is 9.69 Å². The number of piperidine rings is 1. The number of nitrogens with one attached hydrogen (secondary N) is 1. The monoisotopic (exact) mass is 398 g/mol. The van der Waals surface area contributed by atoms with E-state index >= 15 is 0 Å². The van der Waals surface area contributed by atoms with Crippen molar-refractivity contribution in [2.45, 2.75) is 71.9 Å². The molecule has 7 heteroatoms. The summed E-state index contributed by atoms with van der Waals surface area (Å²) in [5.41, 5.74) is 2.79. The molecule has 1 aliphatic heterocycles. The number of anilines is 1. The van der Waals surface area contributed by atoms with E-state index in [1.807, 2.05) is 26.0 Å². The van der Waals surface area contributed by atoms with Gasteiger partial charge in [-0.1, -0.05) is 27.2 Å². The second kappa shape index (κ2) is 9.03. The molecule has 0 bridgehead atoms. The molecule has 1 saturated heterocycles. The molecule has 0 aliphatic carbocycles. The molecule has 0 spiro atoms. The Morgan fingerprint density at radius 2 is 1.83 bits per heavy atom. The highest BCUT2D eigenvalue weighted by Crippen LogP contribution is 2.19. The Labute approximate surface area is 173 Å². The minimum atomic E-state index is -0.0705. The van der Waals surface area contributed by atoms with E-state index in [0.717, 1.165) is 43.1 Å². The molecule has 1 fully saturated rings. The van der Waals surface area contributed by atoms with Crippen LogP contribution in [-0.4, -0.2) is 50.3 Å². The van der Waals surface area contributed by atoms with E-state index in [2.05, 4.69) is 46.1 Å². The fourth-order valence-electron chi connectivity index (χ4n) is 3.83. The van der Waals surface area contributed by atoms with Crippen LogP contribution in [0.15, 0.2) is 23.0 Å². The van der Waals surface area contributed by atoms with Crippen LogP contribution in [0.5, 0.6) is 0 Å². The molecule has 29 heavy (non-hydrogen) atoms. The highest BCUT2D eigenvalue weighted by atomic mass is 16.1. The Kier molecular flexibility index (Phi) is 6.67. The van der Waals surface area contributed by atoms with E-state index in [1.54, 1.807) is 10.7 Å². The quantitative estimate of drug-likeness (QED) is 0.806. The molecular formula is C22H34N6O. The maximum atomic E-state index is 12.3. The summed E-state index contributed by atoms with van der Waals surface area (Å²) in [4.78, 5) is 23.7. The van der Waals surface area contributed by atoms with Gasteiger partial charge in [0.25, 0.3) is 5.56 Å². The first-order valence-corrected chi connectivity index (χ1v) is 10.6. The molecule has 0 amide bonds. The third-order valence-corrected chi connectivity index (χ3v) is 5.46. The number of likely N-dealkylation sites (tertiary alicyclic amines) is 1. The predicted molar refractivity (Wildman–Crippen MR) is 116 cm³/mol. The molecule has 1 unspecified atom stereocenters. The van der Waals surface area contributed by atoms with E-state index in [1.165, 1.54) is 12.8 Å². The van der Waals surface area contributed by atoms with Crippen molar-refractivity contribution in [3.05, 3.63) is 45.6 Å². The topological polar surface area (TPSA) is 75.9 Å². The van der Waals surface area contributed by atoms with Crippen LogP contribution in [0.2, 0.25) is 0 Å². The van der Waals surface area contributed by atoms with Crippen molar-refractivity contribution in [1.29, 1.82) is 0 Å². The maximum Gasteiger partial charge on any atom is 0.266 e. The van der Waals surface area contributed by atoms with Crippen molar-refractivity contribution in [2.75, 3.05) is 25.0 Å². The fourth-order valence-corrected chi connectivity index (χ4v) is 3.83. The van der Waals surface area contributed by atoms with Crippen LogP contribution in [0.25, 0.3) is 0 Å². The summed E-state index contributed by atoms with van der Waals surface area (Å²) in [6.07, 6.45) is 3.57. The van der Waals surface area contributed by atoms with Crippen LogP contribution in [0.4, 0.5) is 5.95 Å². The number of aryl methyl sites for hydroxylation is 2. The van der Waals surface area contributed by atoms with Crippen LogP contribution in [0, 0.1) is 13.8 Å². The zero-order chi connectivity index (χ0) is 21.0. The zero-order valence-corrected chi connectivity index (χ0v) is 18.4. The van der Waals surface area contributed by atoms with E-state index in [9.17, 15) is 4.79 Å². The van der Waals surface area contributed by atoms with Gasteiger partial charge in [0.15, 0.2) is 0 Å². The second-order valence-electron chi connectivity index (χ2n) is 9.07. The molecule has 0 saturated carbocycles. The largest absolute Gasteiger partial charge is 0.353 e. The van der Waals surface area contributed by atoms with Crippen LogP contribution < -0.4 is 10.9 Å². The van der Waals surface area contributed by atoms with Crippen LogP contribution in [0.1, 0.15) is 57.1 Å². The minimum absolute atomic E-state index is 0.0340. The summed E-state index contributed by atoms with van der Waals surface area (Å²) in [7, 11) is 0. The van der Waals surface area contributed by atoms with Crippen molar-refractivity contribution >= 4 is 5.95 Å². The number of hydrogen-bond acceptors (Lipinski definition) is 6. The van der Waals surface area contributed by atoms with Gasteiger partial charge in [0.1, 0.15) is 0 Å². The average molecular weight is 399 g/mol. The summed E-state index contributed by atoms with van der Waals surface area (Å²) in [6, 6.07) is 5.88. The minimum Gasteiger partial charge on any atom is -0.353 e. The predicted octanol–water partition coefficient (Wildman–Crippen LogP) is 2.91. The van der Waals surface area contributed by atoms with E-state index in [0.29, 0.717) is 18.5 Å². The SMILES string of the molecule is Cc1cc(C)nc(NCC2CCCCN2CCn2nc(C(C)(C)C)ccc2=O)n1. The number of rotatable bonds is 6. The molecule has 1 N–H and O–H groups in total. The van der Waals surface area contributed by atoms with Gasteiger partial charge in [-0.15, -0.1) is 0 Å². The van der Waals surface area contributed by atoms with Gasteiger partial charge in [0.2, 0.25) is 5.95 Å². The molecule has 7 nitrogen and oxygen atoms in total. The summed E-state index contributed by atoms with van der Waals surface area (Å²) in [5.74, 6) is 0.698. The molecule has 3 heterocycles. The van der Waals surface area contributed by atoms with Crippen molar-refractivity contribution in [1.82, 2.24) is 24.6 Å². The molecule has 2 aromatic rings. The number of aromatic nitrogens is 4. The Hall–Kier alpha value is -2.28. The maximum absolute atomic E-state index is 12.3. The van der Waals surface area contributed by atoms with Gasteiger partial charge < -0.3 is 5.32 Å². The smallest absolute Gasteiger partial charge is 0.266 e. The van der Waals surface area contributed by atoms with E-state index in [4.69, 9.17) is 0 Å². The highest BCUT2D eigenvalue weighted by Gasteiger charge is 2.23. The zero-order valence-electron chi connectivity index (χ0n) is 18.4. The molecular weight excluding hydrogens is 364 g/mol. The molecule has 0 radical (unpaired) electrons. The van der Waals surface area contributed by atoms with Gasteiger partial charge in [-0.2, -0.15) is 5.10 Å². The Bertz CT molecular complexity index is 865. The lowest BCUT2D eigenvalue weighted by Crippen LogP contribution is -2.46. The third kappa shape index (κ3) is 5.85. The molecule has 158 valence electrons. The molecule has 0 aromatic carbocycles. The van der Waals surface area contributed by atoms with Crippen molar-refractivity contribution < 1.29 is 0 Å². The van der Waals surface area contributed by atoms with Crippen LogP contribution in [0.3, 0.4) is 0 Å². The summed E-state index contributed by atoms with van der Waals surface area (Å²) in [6.45, 7) is 13.6. The molecule has 2 aromatic heterocycles. The van der Waals surface area contributed by atoms with Gasteiger partial charge in [-0.25, -0.2) is 14.6 Å². The Morgan fingerprint density at radius 3 is 2.52 bits per heavy atom. The summed E-state index contributed by atoms with van der Waals surface area (Å²) < 4.78 is 1.62. The van der Waals surface area contributed by atoms with Crippen molar-refractivity contribution in [2.24, 2.45) is 0 Å². The van der Waals surface area contributed by atoms with Crippen molar-refractivity contribution in [3.63, 3.8) is 0 Å². The lowest BCUT2D eigenvalue weighted by molar-refractivity contribution is 0.147. The highest BCUT2D eigenvalue weighted by molar-refractivity contribution is 5.27. The van der Waals surface area contributed by atoms with Crippen molar-refractivity contribution in [3.8, 4) is 0 Å². The second-order valence-corrected chi connectivity index (χ2v) is 9.07. The van der Waals surface area contributed by atoms with Crippen LogP contribution >= 0.6 is 0 Å². The lowest BCUT2D eigenvalue weighted by atomic mass is 9.92. The lowest BCUT2D eigenvalue weighted by Gasteiger charge is -2.35. The number of nitrogens with zero attached hydrogens (tertiary/aromatic N) is 5. The Morgan fingerprint density at radius 1 is 1.10 bits per heavy atom. The first kappa shape index (κ1) is 21.4. The van der Waals surface area contributed by atoms with E-state index < -0.39 is 0 Å². The van der Waals surface area contributed by atoms with Gasteiger partial charge >= 0.3 is 0 Å². The van der Waals surface area contributed by atoms with Gasteiger partial charge in [0, 0.05) is 42.0 Å². The first-order valence-electron chi connectivity index (χ1n) is 10.6. The average Bonchev–Trinajstić information content (AvgIpc) is 2.64. The molecule has 1 atom stereocenters. The molecule has 1 aliphatic rings. The standard InChI is InChI=1S/C22H34N6O/c1-16-14-17(2)25-21(24-16)23-15-18-8-6-7-11-27(18)12-13-28-20(29)10-9-19(26-28)22(3,4)5/h9-10,14,18H,6-8,11-13,15H2,1-5H3,(H,23,24,25). The number of hydrogen-bond donors (Lipinski definition) is 1. The Balaban J connectivity index is 1.64.